The number of amides is 1. The number of hydrogen-bond acceptors (Lipinski definition) is 6. The Hall–Kier alpha value is -0.950. The van der Waals surface area contributed by atoms with Crippen LogP contribution in [0.4, 0.5) is 4.79 Å². The molecule has 1 amide bonds. The maximum atomic E-state index is 12.3. The molecule has 5 nitrogen and oxygen atoms in total. The summed E-state index contributed by atoms with van der Waals surface area (Å²) in [5, 5.41) is -0.164. The van der Waals surface area contributed by atoms with Crippen LogP contribution in [0, 0.1) is 0 Å². The number of ether oxygens (including phenoxy) is 3. The van der Waals surface area contributed by atoms with Gasteiger partial charge < -0.3 is 19.1 Å². The smallest absolute Gasteiger partial charge is 0.291 e. The minimum Gasteiger partial charge on any atom is -0.479 e. The molecule has 0 aromatic heterocycles. The summed E-state index contributed by atoms with van der Waals surface area (Å²) in [7, 11) is 0. The minimum absolute atomic E-state index is 0.164. The lowest BCUT2D eigenvalue weighted by Crippen LogP contribution is -2.45. The summed E-state index contributed by atoms with van der Waals surface area (Å²) in [6.07, 6.45) is 1.53. The third-order valence-corrected chi connectivity index (χ3v) is 3.35. The molecule has 0 aromatic rings. The van der Waals surface area contributed by atoms with E-state index in [9.17, 15) is 4.79 Å². The van der Waals surface area contributed by atoms with E-state index in [4.69, 9.17) is 26.4 Å². The predicted octanol–water partition coefficient (Wildman–Crippen LogP) is 3.11. The van der Waals surface area contributed by atoms with Crippen LogP contribution in [0.25, 0.3) is 0 Å². The zero-order valence-electron chi connectivity index (χ0n) is 11.6. The highest BCUT2D eigenvalue weighted by atomic mass is 32.2. The molecule has 1 aliphatic rings. The molecule has 1 heterocycles. The van der Waals surface area contributed by atoms with Crippen LogP contribution in [0.15, 0.2) is 12.0 Å². The van der Waals surface area contributed by atoms with Crippen LogP contribution >= 0.6 is 24.0 Å². The first kappa shape index (κ1) is 16.1. The third kappa shape index (κ3) is 5.28. The first-order valence-corrected chi connectivity index (χ1v) is 7.16. The number of nitrogens with zero attached hydrogens (tertiary/aromatic N) is 1. The van der Waals surface area contributed by atoms with Crippen LogP contribution in [0.3, 0.4) is 0 Å². The molecule has 0 saturated carbocycles. The first-order chi connectivity index (χ1) is 8.84. The SMILES string of the molecule is CCOC(=S)SC(=O)N(CC1=COCO1)C(C)(C)C. The van der Waals surface area contributed by atoms with Crippen molar-refractivity contribution in [3.63, 3.8) is 0 Å². The van der Waals surface area contributed by atoms with Gasteiger partial charge in [-0.1, -0.05) is 0 Å². The molecule has 0 fully saturated rings. The molecule has 0 N–H and O–H groups in total. The molecule has 0 bridgehead atoms. The topological polar surface area (TPSA) is 48.0 Å². The molecular formula is C12H19NO4S2. The van der Waals surface area contributed by atoms with Gasteiger partial charge in [-0.2, -0.15) is 0 Å². The lowest BCUT2D eigenvalue weighted by molar-refractivity contribution is 0.0695. The summed E-state index contributed by atoms with van der Waals surface area (Å²) in [6.45, 7) is 8.68. The highest BCUT2D eigenvalue weighted by molar-refractivity contribution is 8.32. The van der Waals surface area contributed by atoms with E-state index in [1.54, 1.807) is 4.90 Å². The number of carbonyl (C=O) groups is 1. The maximum absolute atomic E-state index is 12.3. The standard InChI is InChI=1S/C12H19NO4S2/c1-5-16-11(18)19-10(14)13(12(2,3)4)6-9-7-15-8-17-9/h7H,5-6,8H2,1-4H3. The van der Waals surface area contributed by atoms with Crippen LogP contribution in [0.1, 0.15) is 27.7 Å². The fraction of sp³-hybridized carbons (Fsp3) is 0.667. The summed E-state index contributed by atoms with van der Waals surface area (Å²) in [4.78, 5) is 13.9. The van der Waals surface area contributed by atoms with Gasteiger partial charge in [-0.3, -0.25) is 4.79 Å². The lowest BCUT2D eigenvalue weighted by Gasteiger charge is -2.34. The summed E-state index contributed by atoms with van der Waals surface area (Å²) in [6, 6.07) is 0. The van der Waals surface area contributed by atoms with Crippen molar-refractivity contribution < 1.29 is 19.0 Å². The van der Waals surface area contributed by atoms with Crippen molar-refractivity contribution in [3.05, 3.63) is 12.0 Å². The molecule has 0 unspecified atom stereocenters. The zero-order chi connectivity index (χ0) is 14.5. The molecule has 0 atom stereocenters. The normalized spacial score (nSPS) is 14.2. The second-order valence-corrected chi connectivity index (χ2v) is 6.37. The van der Waals surface area contributed by atoms with E-state index in [-0.39, 0.29) is 22.0 Å². The molecule has 0 saturated heterocycles. The van der Waals surface area contributed by atoms with Gasteiger partial charge in [0.25, 0.3) is 5.24 Å². The van der Waals surface area contributed by atoms with E-state index in [1.807, 2.05) is 27.7 Å². The Bertz CT molecular complexity index is 376. The fourth-order valence-electron chi connectivity index (χ4n) is 1.36. The number of hydrogen-bond donors (Lipinski definition) is 0. The van der Waals surface area contributed by atoms with E-state index >= 15 is 0 Å². The van der Waals surface area contributed by atoms with Gasteiger partial charge in [0.1, 0.15) is 6.26 Å². The van der Waals surface area contributed by atoms with Gasteiger partial charge in [0.05, 0.1) is 13.2 Å². The Labute approximate surface area is 123 Å². The van der Waals surface area contributed by atoms with Crippen molar-refractivity contribution in [1.82, 2.24) is 4.90 Å². The third-order valence-electron chi connectivity index (χ3n) is 2.30. The van der Waals surface area contributed by atoms with E-state index in [0.29, 0.717) is 18.9 Å². The Morgan fingerprint density at radius 2 is 2.26 bits per heavy atom. The zero-order valence-corrected chi connectivity index (χ0v) is 13.2. The van der Waals surface area contributed by atoms with Gasteiger partial charge in [0.15, 0.2) is 5.76 Å². The van der Waals surface area contributed by atoms with Crippen molar-refractivity contribution in [2.75, 3.05) is 19.9 Å². The lowest BCUT2D eigenvalue weighted by atomic mass is 10.1. The van der Waals surface area contributed by atoms with Gasteiger partial charge in [-0.05, 0) is 39.9 Å². The van der Waals surface area contributed by atoms with Crippen molar-refractivity contribution >= 4 is 33.6 Å². The monoisotopic (exact) mass is 305 g/mol. The van der Waals surface area contributed by atoms with Crippen LogP contribution < -0.4 is 0 Å². The summed E-state index contributed by atoms with van der Waals surface area (Å²) >= 11 is 5.89. The van der Waals surface area contributed by atoms with Gasteiger partial charge in [-0.25, -0.2) is 0 Å². The molecule has 7 heteroatoms. The van der Waals surface area contributed by atoms with Crippen LogP contribution in [0.5, 0.6) is 0 Å². The van der Waals surface area contributed by atoms with Crippen LogP contribution in [-0.2, 0) is 14.2 Å². The largest absolute Gasteiger partial charge is 0.479 e. The Kier molecular flexibility index (Phi) is 5.93. The van der Waals surface area contributed by atoms with Crippen molar-refractivity contribution in [2.45, 2.75) is 33.2 Å². The maximum Gasteiger partial charge on any atom is 0.291 e. The summed E-state index contributed by atoms with van der Waals surface area (Å²) in [5.74, 6) is 0.631. The molecule has 1 rings (SSSR count). The molecule has 108 valence electrons. The van der Waals surface area contributed by atoms with Gasteiger partial charge in [0.2, 0.25) is 11.2 Å². The average molecular weight is 305 g/mol. The van der Waals surface area contributed by atoms with E-state index in [1.165, 1.54) is 6.26 Å². The molecular weight excluding hydrogens is 286 g/mol. The quantitative estimate of drug-likeness (QED) is 0.747. The highest BCUT2D eigenvalue weighted by Crippen LogP contribution is 2.24. The summed E-state index contributed by atoms with van der Waals surface area (Å²) in [5.41, 5.74) is -0.349. The highest BCUT2D eigenvalue weighted by Gasteiger charge is 2.30. The Balaban J connectivity index is 2.68. The number of rotatable bonds is 3. The number of carbonyl (C=O) groups excluding carboxylic acids is 1. The number of thioether (sulfide) groups is 1. The van der Waals surface area contributed by atoms with Crippen LogP contribution in [0.2, 0.25) is 0 Å². The molecule has 0 spiro atoms. The predicted molar refractivity (Wildman–Crippen MR) is 78.8 cm³/mol. The Morgan fingerprint density at radius 3 is 2.74 bits per heavy atom. The van der Waals surface area contributed by atoms with Gasteiger partial charge in [0, 0.05) is 17.3 Å². The van der Waals surface area contributed by atoms with Crippen molar-refractivity contribution in [1.29, 1.82) is 0 Å². The molecule has 19 heavy (non-hydrogen) atoms. The second kappa shape index (κ2) is 7.00. The van der Waals surface area contributed by atoms with Crippen LogP contribution in [-0.4, -0.2) is 40.0 Å². The molecule has 0 aliphatic carbocycles. The molecule has 1 aliphatic heterocycles. The summed E-state index contributed by atoms with van der Waals surface area (Å²) < 4.78 is 15.6. The first-order valence-electron chi connectivity index (χ1n) is 5.94. The van der Waals surface area contributed by atoms with Gasteiger partial charge in [-0.15, -0.1) is 0 Å². The van der Waals surface area contributed by atoms with Gasteiger partial charge >= 0.3 is 0 Å². The van der Waals surface area contributed by atoms with E-state index in [0.717, 1.165) is 11.8 Å². The fourth-order valence-corrected chi connectivity index (χ4v) is 2.46. The van der Waals surface area contributed by atoms with Crippen molar-refractivity contribution in [2.24, 2.45) is 0 Å². The average Bonchev–Trinajstić information content (AvgIpc) is 2.76. The number of thiocarbonyl (C=S) groups is 1. The van der Waals surface area contributed by atoms with E-state index in [2.05, 4.69) is 0 Å². The molecule has 0 aromatic carbocycles. The van der Waals surface area contributed by atoms with E-state index < -0.39 is 0 Å². The molecule has 0 radical (unpaired) electrons. The minimum atomic E-state index is -0.349. The Morgan fingerprint density at radius 1 is 1.58 bits per heavy atom. The van der Waals surface area contributed by atoms with Crippen molar-refractivity contribution in [3.8, 4) is 0 Å². The second-order valence-electron chi connectivity index (χ2n) is 4.82.